The Kier molecular flexibility index (Phi) is 6.54. The van der Waals surface area contributed by atoms with Crippen LogP contribution in [0.15, 0.2) is 104 Å². The second-order valence-corrected chi connectivity index (χ2v) is 6.63. The van der Waals surface area contributed by atoms with Crippen LogP contribution in [-0.2, 0) is 4.79 Å². The maximum absolute atomic E-state index is 13.5. The van der Waals surface area contributed by atoms with Gasteiger partial charge in [0.1, 0.15) is 12.3 Å². The standard InChI is InChI=1S/C26H21O3/c1-2-12-22(27)23(19-13-6-3-7-14-19)24(25(28)20-15-8-4-9-16-20)26(29)21-17-10-5-11-18-21/h2-18,23-24H,1H2/q+1. The highest BCUT2D eigenvalue weighted by atomic mass is 16.2. The van der Waals surface area contributed by atoms with E-state index in [1.54, 1.807) is 84.9 Å². The first-order valence-electron chi connectivity index (χ1n) is 9.36. The first-order valence-corrected chi connectivity index (χ1v) is 9.36. The van der Waals surface area contributed by atoms with Crippen molar-refractivity contribution in [1.29, 1.82) is 0 Å². The number of ketones is 3. The van der Waals surface area contributed by atoms with Gasteiger partial charge in [0.2, 0.25) is 5.78 Å². The minimum absolute atomic E-state index is 0.329. The summed E-state index contributed by atoms with van der Waals surface area (Å²) in [5, 5.41) is 0. The number of hydrogen-bond donors (Lipinski definition) is 0. The van der Waals surface area contributed by atoms with E-state index in [1.807, 2.05) is 6.07 Å². The average Bonchev–Trinajstić information content (AvgIpc) is 2.78. The van der Waals surface area contributed by atoms with Crippen molar-refractivity contribution < 1.29 is 14.4 Å². The lowest BCUT2D eigenvalue weighted by molar-refractivity contribution is -0.117. The van der Waals surface area contributed by atoms with Gasteiger partial charge in [-0.05, 0) is 5.56 Å². The van der Waals surface area contributed by atoms with E-state index >= 15 is 0 Å². The Morgan fingerprint density at radius 1 is 0.690 bits per heavy atom. The lowest BCUT2D eigenvalue weighted by Gasteiger charge is -2.23. The van der Waals surface area contributed by atoms with Gasteiger partial charge in [0.15, 0.2) is 11.6 Å². The summed E-state index contributed by atoms with van der Waals surface area (Å²) in [6.07, 6.45) is 2.70. The molecular weight excluding hydrogens is 360 g/mol. The molecule has 3 rings (SSSR count). The molecule has 0 bridgehead atoms. The third-order valence-corrected chi connectivity index (χ3v) is 4.76. The highest BCUT2D eigenvalue weighted by Gasteiger charge is 2.41. The normalized spacial score (nSPS) is 11.5. The van der Waals surface area contributed by atoms with Crippen LogP contribution in [-0.4, -0.2) is 17.3 Å². The number of benzene rings is 3. The van der Waals surface area contributed by atoms with E-state index < -0.39 is 11.8 Å². The van der Waals surface area contributed by atoms with Crippen molar-refractivity contribution in [1.82, 2.24) is 0 Å². The molecule has 0 aliphatic rings. The maximum atomic E-state index is 13.5. The molecule has 142 valence electrons. The summed E-state index contributed by atoms with van der Waals surface area (Å²) in [7, 11) is 0. The molecule has 0 fully saturated rings. The van der Waals surface area contributed by atoms with Crippen LogP contribution in [0.5, 0.6) is 0 Å². The van der Waals surface area contributed by atoms with E-state index in [4.69, 9.17) is 0 Å². The summed E-state index contributed by atoms with van der Waals surface area (Å²) in [4.78, 5) is 40.0. The van der Waals surface area contributed by atoms with Crippen molar-refractivity contribution in [2.45, 2.75) is 5.92 Å². The first-order chi connectivity index (χ1) is 14.1. The third kappa shape index (κ3) is 4.58. The van der Waals surface area contributed by atoms with Crippen molar-refractivity contribution in [2.24, 2.45) is 5.92 Å². The van der Waals surface area contributed by atoms with Gasteiger partial charge in [-0.1, -0.05) is 91.0 Å². The van der Waals surface area contributed by atoms with Gasteiger partial charge in [-0.25, -0.2) is 0 Å². The van der Waals surface area contributed by atoms with E-state index in [1.165, 1.54) is 12.5 Å². The van der Waals surface area contributed by atoms with Crippen molar-refractivity contribution in [3.8, 4) is 0 Å². The van der Waals surface area contributed by atoms with Crippen LogP contribution in [0.2, 0.25) is 0 Å². The monoisotopic (exact) mass is 381 g/mol. The van der Waals surface area contributed by atoms with Crippen molar-refractivity contribution in [2.75, 3.05) is 0 Å². The molecule has 0 spiro atoms. The largest absolute Gasteiger partial charge is 0.293 e. The Morgan fingerprint density at radius 2 is 1.10 bits per heavy atom. The summed E-state index contributed by atoms with van der Waals surface area (Å²) in [6, 6.07) is 26.2. The van der Waals surface area contributed by atoms with Gasteiger partial charge in [0.05, 0.1) is 12.0 Å². The van der Waals surface area contributed by atoms with Crippen LogP contribution >= 0.6 is 0 Å². The fourth-order valence-corrected chi connectivity index (χ4v) is 3.39. The van der Waals surface area contributed by atoms with E-state index in [9.17, 15) is 14.4 Å². The zero-order chi connectivity index (χ0) is 20.6. The minimum Gasteiger partial charge on any atom is -0.293 e. The molecule has 1 unspecified atom stereocenters. The Labute approximate surface area is 170 Å². The van der Waals surface area contributed by atoms with Gasteiger partial charge in [0.25, 0.3) is 0 Å². The number of carbonyl (C=O) groups is 3. The van der Waals surface area contributed by atoms with Crippen LogP contribution in [0.25, 0.3) is 0 Å². The topological polar surface area (TPSA) is 51.2 Å². The SMILES string of the molecule is C=C[CH+]C(=O)C(c1ccccc1)C(C(=O)c1ccccc1)C(=O)c1ccccc1. The van der Waals surface area contributed by atoms with Crippen molar-refractivity contribution >= 4 is 17.3 Å². The summed E-state index contributed by atoms with van der Waals surface area (Å²) in [5.74, 6) is -3.19. The smallest absolute Gasteiger partial charge is 0.244 e. The molecular formula is C26H21O3+. The molecule has 0 aliphatic carbocycles. The first kappa shape index (κ1) is 20.0. The van der Waals surface area contributed by atoms with E-state index in [0.717, 1.165) is 0 Å². The zero-order valence-electron chi connectivity index (χ0n) is 15.9. The lowest BCUT2D eigenvalue weighted by Crippen LogP contribution is -2.35. The fraction of sp³-hybridized carbons (Fsp3) is 0.0769. The molecule has 3 aromatic rings. The molecule has 3 heteroatoms. The van der Waals surface area contributed by atoms with Gasteiger partial charge in [-0.3, -0.25) is 14.4 Å². The molecule has 1 atom stereocenters. The minimum atomic E-state index is -1.18. The summed E-state index contributed by atoms with van der Waals surface area (Å²) < 4.78 is 0. The van der Waals surface area contributed by atoms with Gasteiger partial charge in [0, 0.05) is 17.7 Å². The van der Waals surface area contributed by atoms with Crippen LogP contribution in [0.4, 0.5) is 0 Å². The molecule has 0 heterocycles. The molecule has 0 saturated carbocycles. The number of hydrogen-bond acceptors (Lipinski definition) is 3. The van der Waals surface area contributed by atoms with Crippen LogP contribution in [0, 0.1) is 12.3 Å². The molecule has 3 aromatic carbocycles. The van der Waals surface area contributed by atoms with Gasteiger partial charge >= 0.3 is 0 Å². The van der Waals surface area contributed by atoms with E-state index in [-0.39, 0.29) is 17.3 Å². The lowest BCUT2D eigenvalue weighted by atomic mass is 9.74. The van der Waals surface area contributed by atoms with Crippen LogP contribution < -0.4 is 0 Å². The fourth-order valence-electron chi connectivity index (χ4n) is 3.39. The molecule has 0 aromatic heterocycles. The Balaban J connectivity index is 2.15. The molecule has 3 nitrogen and oxygen atoms in total. The van der Waals surface area contributed by atoms with E-state index in [0.29, 0.717) is 16.7 Å². The van der Waals surface area contributed by atoms with Crippen molar-refractivity contribution in [3.05, 3.63) is 127 Å². The molecule has 0 saturated heterocycles. The summed E-state index contributed by atoms with van der Waals surface area (Å²) in [5.41, 5.74) is 1.41. The van der Waals surface area contributed by atoms with Gasteiger partial charge in [-0.15, -0.1) is 0 Å². The number of allylic oxidation sites excluding steroid dienone is 1. The summed E-state index contributed by atoms with van der Waals surface area (Å²) in [6.45, 7) is 3.60. The number of rotatable bonds is 9. The zero-order valence-corrected chi connectivity index (χ0v) is 15.9. The van der Waals surface area contributed by atoms with Crippen molar-refractivity contribution in [3.63, 3.8) is 0 Å². The Hall–Kier alpha value is -3.72. The number of Topliss-reactive ketones (excluding diaryl/α,β-unsaturated/α-hetero) is 3. The van der Waals surface area contributed by atoms with Crippen LogP contribution in [0.3, 0.4) is 0 Å². The molecule has 0 radical (unpaired) electrons. The highest BCUT2D eigenvalue weighted by molar-refractivity contribution is 6.19. The third-order valence-electron chi connectivity index (χ3n) is 4.76. The Bertz CT molecular complexity index is 940. The van der Waals surface area contributed by atoms with Gasteiger partial charge < -0.3 is 0 Å². The second kappa shape index (κ2) is 9.47. The predicted molar refractivity (Wildman–Crippen MR) is 114 cm³/mol. The van der Waals surface area contributed by atoms with Gasteiger partial charge in [-0.2, -0.15) is 0 Å². The Morgan fingerprint density at radius 3 is 1.52 bits per heavy atom. The van der Waals surface area contributed by atoms with Crippen LogP contribution in [0.1, 0.15) is 32.2 Å². The molecule has 0 amide bonds. The molecule has 0 aliphatic heterocycles. The molecule has 0 N–H and O–H groups in total. The molecule has 29 heavy (non-hydrogen) atoms. The van der Waals surface area contributed by atoms with E-state index in [2.05, 4.69) is 6.58 Å². The highest BCUT2D eigenvalue weighted by Crippen LogP contribution is 2.32. The maximum Gasteiger partial charge on any atom is 0.244 e. The predicted octanol–water partition coefficient (Wildman–Crippen LogP) is 5.11. The summed E-state index contributed by atoms with van der Waals surface area (Å²) >= 11 is 0. The average molecular weight is 381 g/mol. The second-order valence-electron chi connectivity index (χ2n) is 6.63. The quantitative estimate of drug-likeness (QED) is 0.294. The number of carbonyl (C=O) groups excluding carboxylic acids is 3.